The van der Waals surface area contributed by atoms with Gasteiger partial charge in [0.25, 0.3) is 5.91 Å². The van der Waals surface area contributed by atoms with Crippen LogP contribution in [0.2, 0.25) is 0 Å². The van der Waals surface area contributed by atoms with Gasteiger partial charge < -0.3 is 10.2 Å². The highest BCUT2D eigenvalue weighted by atomic mass is 19.4. The summed E-state index contributed by atoms with van der Waals surface area (Å²) in [6.07, 6.45) is 4.08. The third-order valence-electron chi connectivity index (χ3n) is 9.02. The monoisotopic (exact) mass is 488 g/mol. The third kappa shape index (κ3) is 4.20. The van der Waals surface area contributed by atoms with Gasteiger partial charge in [-0.25, -0.2) is 4.98 Å². The molecule has 6 nitrogen and oxygen atoms in total. The summed E-state index contributed by atoms with van der Waals surface area (Å²) in [6.45, 7) is 0.728. The van der Waals surface area contributed by atoms with Crippen LogP contribution in [0.4, 0.5) is 13.2 Å². The first kappa shape index (κ1) is 22.9. The Bertz CT molecular complexity index is 1140. The molecule has 3 atom stereocenters. The number of carbonyl (C=O) groups is 2. The molecular weight excluding hydrogens is 457 g/mol. The molecule has 1 N–H and O–H groups in total. The van der Waals surface area contributed by atoms with Gasteiger partial charge >= 0.3 is 6.18 Å². The SMILES string of the molecule is O=C(NCC12CC3CC(C1)C(C3)C2)c1cccc2nc(CC(=O)N3CCCC(C(F)(F)F)C3)cn12. The molecule has 188 valence electrons. The van der Waals surface area contributed by atoms with Crippen molar-refractivity contribution in [1.29, 1.82) is 0 Å². The van der Waals surface area contributed by atoms with Gasteiger partial charge in [-0.15, -0.1) is 0 Å². The van der Waals surface area contributed by atoms with Crippen molar-refractivity contribution in [2.75, 3.05) is 19.6 Å². The maximum Gasteiger partial charge on any atom is 0.393 e. The highest BCUT2D eigenvalue weighted by Crippen LogP contribution is 2.63. The van der Waals surface area contributed by atoms with Crippen molar-refractivity contribution in [3.05, 3.63) is 35.8 Å². The van der Waals surface area contributed by atoms with Crippen LogP contribution in [0, 0.1) is 29.1 Å². The van der Waals surface area contributed by atoms with Crippen LogP contribution in [0.5, 0.6) is 0 Å². The number of alkyl halides is 3. The molecule has 4 saturated carbocycles. The largest absolute Gasteiger partial charge is 0.393 e. The number of hydrogen-bond acceptors (Lipinski definition) is 3. The number of halogens is 3. The van der Waals surface area contributed by atoms with Gasteiger partial charge in [0, 0.05) is 25.8 Å². The molecule has 3 heterocycles. The quantitative estimate of drug-likeness (QED) is 0.685. The molecule has 7 rings (SSSR count). The summed E-state index contributed by atoms with van der Waals surface area (Å²) in [6, 6.07) is 5.27. The number of likely N-dealkylation sites (tertiary alicyclic amines) is 1. The molecular formula is C26H31F3N4O2. The summed E-state index contributed by atoms with van der Waals surface area (Å²) < 4.78 is 41.1. The Kier molecular flexibility index (Phi) is 5.38. The Morgan fingerprint density at radius 3 is 2.63 bits per heavy atom. The van der Waals surface area contributed by atoms with Crippen LogP contribution >= 0.6 is 0 Å². The molecule has 1 aliphatic heterocycles. The summed E-state index contributed by atoms with van der Waals surface area (Å²) in [7, 11) is 0. The number of pyridine rings is 1. The van der Waals surface area contributed by atoms with Crippen LogP contribution in [0.1, 0.15) is 61.1 Å². The molecule has 2 aromatic heterocycles. The van der Waals surface area contributed by atoms with Crippen LogP contribution < -0.4 is 5.32 Å². The van der Waals surface area contributed by atoms with Crippen LogP contribution in [-0.2, 0) is 11.2 Å². The average molecular weight is 489 g/mol. The second-order valence-electron chi connectivity index (χ2n) is 11.4. The van der Waals surface area contributed by atoms with E-state index in [4.69, 9.17) is 0 Å². The maximum atomic E-state index is 13.1. The van der Waals surface area contributed by atoms with Crippen molar-refractivity contribution in [2.45, 2.75) is 57.5 Å². The molecule has 3 unspecified atom stereocenters. The van der Waals surface area contributed by atoms with Gasteiger partial charge in [-0.1, -0.05) is 6.07 Å². The van der Waals surface area contributed by atoms with E-state index in [1.165, 1.54) is 37.0 Å². The van der Waals surface area contributed by atoms with E-state index in [9.17, 15) is 22.8 Å². The van der Waals surface area contributed by atoms with E-state index >= 15 is 0 Å². The summed E-state index contributed by atoms with van der Waals surface area (Å²) in [5, 5.41) is 3.17. The number of imidazole rings is 1. The summed E-state index contributed by atoms with van der Waals surface area (Å²) in [4.78, 5) is 31.6. The van der Waals surface area contributed by atoms with Gasteiger partial charge in [0.15, 0.2) is 0 Å². The molecule has 4 bridgehead atoms. The highest BCUT2D eigenvalue weighted by Gasteiger charge is 2.55. The summed E-state index contributed by atoms with van der Waals surface area (Å²) in [5.41, 5.74) is 1.70. The Hall–Kier alpha value is -2.58. The molecule has 5 aliphatic rings. The lowest BCUT2D eigenvalue weighted by molar-refractivity contribution is -0.187. The fraction of sp³-hybridized carbons (Fsp3) is 0.654. The first-order valence-corrected chi connectivity index (χ1v) is 12.8. The second kappa shape index (κ2) is 8.23. The Morgan fingerprint density at radius 2 is 1.91 bits per heavy atom. The van der Waals surface area contributed by atoms with Gasteiger partial charge in [-0.05, 0) is 80.2 Å². The number of fused-ring (bicyclic) bond motifs is 1. The number of piperidine rings is 1. The lowest BCUT2D eigenvalue weighted by atomic mass is 9.69. The lowest BCUT2D eigenvalue weighted by Gasteiger charge is -2.38. The van der Waals surface area contributed by atoms with Crippen molar-refractivity contribution in [3.8, 4) is 0 Å². The van der Waals surface area contributed by atoms with Crippen LogP contribution in [0.3, 0.4) is 0 Å². The summed E-state index contributed by atoms with van der Waals surface area (Å²) in [5.74, 6) is 0.517. The van der Waals surface area contributed by atoms with E-state index in [0.717, 1.165) is 17.8 Å². The number of nitrogens with one attached hydrogen (secondary N) is 1. The van der Waals surface area contributed by atoms with Crippen molar-refractivity contribution in [2.24, 2.45) is 29.1 Å². The molecule has 0 spiro atoms. The van der Waals surface area contributed by atoms with Gasteiger partial charge in [0.2, 0.25) is 5.91 Å². The van der Waals surface area contributed by atoms with E-state index < -0.39 is 12.1 Å². The van der Waals surface area contributed by atoms with Crippen LogP contribution in [0.25, 0.3) is 5.65 Å². The summed E-state index contributed by atoms with van der Waals surface area (Å²) >= 11 is 0. The predicted molar refractivity (Wildman–Crippen MR) is 123 cm³/mol. The first-order valence-electron chi connectivity index (χ1n) is 12.8. The zero-order valence-corrected chi connectivity index (χ0v) is 19.7. The number of aromatic nitrogens is 2. The van der Waals surface area contributed by atoms with Crippen molar-refractivity contribution in [3.63, 3.8) is 0 Å². The highest BCUT2D eigenvalue weighted by molar-refractivity contribution is 5.93. The van der Waals surface area contributed by atoms with Gasteiger partial charge in [-0.3, -0.25) is 14.0 Å². The average Bonchev–Trinajstić information content (AvgIpc) is 3.43. The normalized spacial score (nSPS) is 31.9. The predicted octanol–water partition coefficient (Wildman–Crippen LogP) is 4.23. The molecule has 0 aromatic carbocycles. The zero-order valence-electron chi connectivity index (χ0n) is 19.7. The molecule has 9 heteroatoms. The van der Waals surface area contributed by atoms with Crippen LogP contribution in [-0.4, -0.2) is 51.9 Å². The van der Waals surface area contributed by atoms with E-state index in [1.54, 1.807) is 28.8 Å². The number of nitrogens with zero attached hydrogens (tertiary/aromatic N) is 3. The fourth-order valence-corrected chi connectivity index (χ4v) is 7.62. The fourth-order valence-electron chi connectivity index (χ4n) is 7.62. The van der Waals surface area contributed by atoms with Gasteiger partial charge in [0.05, 0.1) is 18.0 Å². The number of amides is 2. The smallest absolute Gasteiger partial charge is 0.350 e. The molecule has 35 heavy (non-hydrogen) atoms. The molecule has 5 fully saturated rings. The van der Waals surface area contributed by atoms with Crippen LogP contribution in [0.15, 0.2) is 24.4 Å². The Balaban J connectivity index is 1.13. The van der Waals surface area contributed by atoms with E-state index in [-0.39, 0.29) is 36.6 Å². The number of carbonyl (C=O) groups excluding carboxylic acids is 2. The number of hydrogen-bond donors (Lipinski definition) is 1. The third-order valence-corrected chi connectivity index (χ3v) is 9.02. The molecule has 2 aromatic rings. The standard InChI is InChI=1S/C26H31F3N4O2/c27-26(28,29)19-3-2-6-32(13-19)23(34)9-20-14-33-21(4-1-5-22(33)31-20)24(35)30-15-25-10-16-7-17(11-25)18(8-16)12-25/h1,4-5,14,16-19H,2-3,6-13,15H2,(H,30,35). The molecule has 1 saturated heterocycles. The van der Waals surface area contributed by atoms with Crippen molar-refractivity contribution >= 4 is 17.5 Å². The zero-order chi connectivity index (χ0) is 24.4. The van der Waals surface area contributed by atoms with Crippen molar-refractivity contribution in [1.82, 2.24) is 19.6 Å². The van der Waals surface area contributed by atoms with E-state index in [2.05, 4.69) is 10.3 Å². The topological polar surface area (TPSA) is 66.7 Å². The van der Waals surface area contributed by atoms with Gasteiger partial charge in [-0.2, -0.15) is 13.2 Å². The minimum Gasteiger partial charge on any atom is -0.350 e. The Morgan fingerprint density at radius 1 is 1.14 bits per heavy atom. The lowest BCUT2D eigenvalue weighted by Crippen LogP contribution is -2.45. The minimum atomic E-state index is -4.29. The first-order chi connectivity index (χ1) is 16.7. The Labute approximate surface area is 202 Å². The molecule has 2 amide bonds. The van der Waals surface area contributed by atoms with Gasteiger partial charge in [0.1, 0.15) is 11.3 Å². The van der Waals surface area contributed by atoms with Crippen molar-refractivity contribution < 1.29 is 22.8 Å². The molecule has 4 aliphatic carbocycles. The minimum absolute atomic E-state index is 0.0589. The van der Waals surface area contributed by atoms with E-state index in [1.807, 2.05) is 0 Å². The maximum absolute atomic E-state index is 13.1. The second-order valence-corrected chi connectivity index (χ2v) is 11.4. The number of rotatable bonds is 5. The molecule has 0 radical (unpaired) electrons. The van der Waals surface area contributed by atoms with E-state index in [0.29, 0.717) is 36.5 Å².